The molecule has 0 spiro atoms. The number of rotatable bonds is 3. The van der Waals surface area contributed by atoms with E-state index >= 15 is 0 Å². The summed E-state index contributed by atoms with van der Waals surface area (Å²) in [6.45, 7) is 0. The Bertz CT molecular complexity index is 682. The van der Waals surface area contributed by atoms with Crippen molar-refractivity contribution in [2.45, 2.75) is 5.60 Å². The standard InChI is InChI=1S/C16H12ClNOS/c17-14-8-6-13(7-9-14)16(19,15-10-11-18-20-15)12-4-2-1-3-5-12/h1-11,19H. The van der Waals surface area contributed by atoms with Gasteiger partial charge in [-0.2, -0.15) is 0 Å². The lowest BCUT2D eigenvalue weighted by atomic mass is 9.85. The van der Waals surface area contributed by atoms with Crippen molar-refractivity contribution in [2.24, 2.45) is 0 Å². The van der Waals surface area contributed by atoms with Crippen molar-refractivity contribution < 1.29 is 5.11 Å². The molecule has 0 aliphatic rings. The first-order chi connectivity index (χ1) is 9.71. The maximum atomic E-state index is 11.3. The minimum absolute atomic E-state index is 0.647. The lowest BCUT2D eigenvalue weighted by Crippen LogP contribution is -2.27. The Morgan fingerprint density at radius 1 is 0.900 bits per heavy atom. The number of hydrogen-bond acceptors (Lipinski definition) is 3. The molecule has 0 bridgehead atoms. The van der Waals surface area contributed by atoms with E-state index in [0.717, 1.165) is 16.0 Å². The summed E-state index contributed by atoms with van der Waals surface area (Å²) in [5, 5.41) is 12.0. The number of benzene rings is 2. The molecule has 2 nitrogen and oxygen atoms in total. The number of aromatic nitrogens is 1. The molecule has 0 saturated carbocycles. The molecule has 0 amide bonds. The predicted molar refractivity (Wildman–Crippen MR) is 82.1 cm³/mol. The maximum Gasteiger partial charge on any atom is 0.151 e. The molecular weight excluding hydrogens is 290 g/mol. The Balaban J connectivity index is 2.21. The minimum Gasteiger partial charge on any atom is -0.375 e. The van der Waals surface area contributed by atoms with E-state index in [9.17, 15) is 5.11 Å². The fourth-order valence-electron chi connectivity index (χ4n) is 2.22. The minimum atomic E-state index is -1.20. The highest BCUT2D eigenvalue weighted by molar-refractivity contribution is 7.05. The van der Waals surface area contributed by atoms with E-state index in [1.807, 2.05) is 48.5 Å². The van der Waals surface area contributed by atoms with Gasteiger partial charge in [0, 0.05) is 11.2 Å². The van der Waals surface area contributed by atoms with Crippen LogP contribution in [0.25, 0.3) is 0 Å². The smallest absolute Gasteiger partial charge is 0.151 e. The van der Waals surface area contributed by atoms with Gasteiger partial charge in [0.15, 0.2) is 5.60 Å². The predicted octanol–water partition coefficient (Wildman–Crippen LogP) is 4.08. The fourth-order valence-corrected chi connectivity index (χ4v) is 3.07. The Morgan fingerprint density at radius 3 is 2.15 bits per heavy atom. The van der Waals surface area contributed by atoms with E-state index in [0.29, 0.717) is 5.02 Å². The quantitative estimate of drug-likeness (QED) is 0.790. The Hall–Kier alpha value is -1.68. The molecule has 0 aliphatic carbocycles. The summed E-state index contributed by atoms with van der Waals surface area (Å²) in [7, 11) is 0. The highest BCUT2D eigenvalue weighted by Crippen LogP contribution is 2.38. The van der Waals surface area contributed by atoms with Gasteiger partial charge in [0.2, 0.25) is 0 Å². The summed E-state index contributed by atoms with van der Waals surface area (Å²) in [5.74, 6) is 0. The highest BCUT2D eigenvalue weighted by atomic mass is 35.5. The Morgan fingerprint density at radius 2 is 1.55 bits per heavy atom. The monoisotopic (exact) mass is 301 g/mol. The Kier molecular flexibility index (Phi) is 3.57. The SMILES string of the molecule is OC(c1ccccc1)(c1ccc(Cl)cc1)c1ccns1. The molecule has 4 heteroatoms. The molecule has 1 unspecified atom stereocenters. The van der Waals surface area contributed by atoms with Crippen molar-refractivity contribution in [3.63, 3.8) is 0 Å². The second-order valence-corrected chi connectivity index (χ2v) is 5.73. The first-order valence-electron chi connectivity index (χ1n) is 6.16. The van der Waals surface area contributed by atoms with Gasteiger partial charge in [-0.3, -0.25) is 0 Å². The van der Waals surface area contributed by atoms with Crippen LogP contribution >= 0.6 is 23.1 Å². The summed E-state index contributed by atoms with van der Waals surface area (Å²) in [4.78, 5) is 0.783. The highest BCUT2D eigenvalue weighted by Gasteiger charge is 2.35. The van der Waals surface area contributed by atoms with Gasteiger partial charge in [-0.25, -0.2) is 4.37 Å². The van der Waals surface area contributed by atoms with Gasteiger partial charge in [0.1, 0.15) is 0 Å². The molecule has 1 N–H and O–H groups in total. The number of aliphatic hydroxyl groups is 1. The molecule has 1 heterocycles. The van der Waals surface area contributed by atoms with E-state index in [2.05, 4.69) is 4.37 Å². The number of nitrogens with zero attached hydrogens (tertiary/aromatic N) is 1. The van der Waals surface area contributed by atoms with E-state index in [-0.39, 0.29) is 0 Å². The third kappa shape index (κ3) is 2.24. The van der Waals surface area contributed by atoms with E-state index < -0.39 is 5.60 Å². The molecule has 3 rings (SSSR count). The first kappa shape index (κ1) is 13.3. The second kappa shape index (κ2) is 5.37. The summed E-state index contributed by atoms with van der Waals surface area (Å²) >= 11 is 7.23. The molecule has 3 aromatic rings. The fraction of sp³-hybridized carbons (Fsp3) is 0.0625. The summed E-state index contributed by atoms with van der Waals surface area (Å²) in [6.07, 6.45) is 1.70. The van der Waals surface area contributed by atoms with Crippen molar-refractivity contribution in [3.05, 3.63) is 87.9 Å². The molecule has 1 atom stereocenters. The summed E-state index contributed by atoms with van der Waals surface area (Å²) in [5.41, 5.74) is 0.386. The van der Waals surface area contributed by atoms with Crippen LogP contribution in [-0.4, -0.2) is 9.48 Å². The van der Waals surface area contributed by atoms with Gasteiger partial charge in [0.05, 0.1) is 4.88 Å². The first-order valence-corrected chi connectivity index (χ1v) is 7.31. The van der Waals surface area contributed by atoms with Gasteiger partial charge in [-0.1, -0.05) is 54.1 Å². The van der Waals surface area contributed by atoms with Gasteiger partial charge < -0.3 is 5.11 Å². The van der Waals surface area contributed by atoms with Gasteiger partial charge in [-0.15, -0.1) is 0 Å². The third-order valence-electron chi connectivity index (χ3n) is 3.25. The zero-order chi connectivity index (χ0) is 14.0. The van der Waals surface area contributed by atoms with E-state index in [1.54, 1.807) is 18.3 Å². The molecular formula is C16H12ClNOS. The van der Waals surface area contributed by atoms with E-state index in [1.165, 1.54) is 11.5 Å². The average molecular weight is 302 g/mol. The molecule has 0 radical (unpaired) electrons. The van der Waals surface area contributed by atoms with Gasteiger partial charge >= 0.3 is 0 Å². The van der Waals surface area contributed by atoms with Crippen molar-refractivity contribution in [3.8, 4) is 0 Å². The molecule has 20 heavy (non-hydrogen) atoms. The van der Waals surface area contributed by atoms with Crippen LogP contribution in [0, 0.1) is 0 Å². The topological polar surface area (TPSA) is 33.1 Å². The van der Waals surface area contributed by atoms with Crippen molar-refractivity contribution >= 4 is 23.1 Å². The van der Waals surface area contributed by atoms with Crippen LogP contribution in [0.5, 0.6) is 0 Å². The van der Waals surface area contributed by atoms with E-state index in [4.69, 9.17) is 11.6 Å². The van der Waals surface area contributed by atoms with Crippen LogP contribution in [0.1, 0.15) is 16.0 Å². The number of hydrogen-bond donors (Lipinski definition) is 1. The second-order valence-electron chi connectivity index (χ2n) is 4.46. The van der Waals surface area contributed by atoms with Crippen LogP contribution in [0.4, 0.5) is 0 Å². The van der Waals surface area contributed by atoms with Crippen LogP contribution in [0.15, 0.2) is 66.9 Å². The molecule has 100 valence electrons. The normalized spacial score (nSPS) is 13.9. The van der Waals surface area contributed by atoms with Gasteiger partial charge in [0.25, 0.3) is 0 Å². The Labute approximate surface area is 126 Å². The summed E-state index contributed by atoms with van der Waals surface area (Å²) in [6, 6.07) is 18.7. The lowest BCUT2D eigenvalue weighted by Gasteiger charge is -2.28. The molecule has 1 aromatic heterocycles. The number of halogens is 1. The van der Waals surface area contributed by atoms with Crippen LogP contribution in [0.2, 0.25) is 5.02 Å². The van der Waals surface area contributed by atoms with Crippen molar-refractivity contribution in [2.75, 3.05) is 0 Å². The average Bonchev–Trinajstić information content (AvgIpc) is 3.03. The molecule has 2 aromatic carbocycles. The largest absolute Gasteiger partial charge is 0.375 e. The van der Waals surface area contributed by atoms with Crippen molar-refractivity contribution in [1.29, 1.82) is 0 Å². The van der Waals surface area contributed by atoms with Crippen LogP contribution < -0.4 is 0 Å². The van der Waals surface area contributed by atoms with Crippen LogP contribution in [0.3, 0.4) is 0 Å². The summed E-state index contributed by atoms with van der Waals surface area (Å²) < 4.78 is 4.11. The zero-order valence-corrected chi connectivity index (χ0v) is 12.1. The third-order valence-corrected chi connectivity index (χ3v) is 4.36. The zero-order valence-electron chi connectivity index (χ0n) is 10.5. The maximum absolute atomic E-state index is 11.3. The lowest BCUT2D eigenvalue weighted by molar-refractivity contribution is 0.129. The molecule has 0 aliphatic heterocycles. The van der Waals surface area contributed by atoms with Gasteiger partial charge in [-0.05, 0) is 40.9 Å². The molecule has 0 saturated heterocycles. The van der Waals surface area contributed by atoms with Crippen molar-refractivity contribution in [1.82, 2.24) is 4.37 Å². The molecule has 0 fully saturated rings. The van der Waals surface area contributed by atoms with Crippen LogP contribution in [-0.2, 0) is 5.60 Å².